The first kappa shape index (κ1) is 11.9. The van der Waals surface area contributed by atoms with Gasteiger partial charge in [-0.2, -0.15) is 0 Å². The summed E-state index contributed by atoms with van der Waals surface area (Å²) in [6.07, 6.45) is 4.23. The molecule has 2 aromatic rings. The van der Waals surface area contributed by atoms with Crippen LogP contribution in [0.25, 0.3) is 0 Å². The van der Waals surface area contributed by atoms with Crippen LogP contribution in [0.5, 0.6) is 5.75 Å². The molecule has 3 heteroatoms. The second-order valence-electron chi connectivity index (χ2n) is 4.73. The third kappa shape index (κ3) is 2.65. The Hall–Kier alpha value is -2.16. The minimum Gasteiger partial charge on any atom is -0.489 e. The number of pyridine rings is 1. The molecule has 3 rings (SSSR count). The highest BCUT2D eigenvalue weighted by Gasteiger charge is 2.18. The zero-order valence-corrected chi connectivity index (χ0v) is 10.6. The lowest BCUT2D eigenvalue weighted by Crippen LogP contribution is -2.13. The van der Waals surface area contributed by atoms with Gasteiger partial charge in [0.15, 0.2) is 5.78 Å². The van der Waals surface area contributed by atoms with Crippen molar-refractivity contribution in [3.8, 4) is 5.75 Å². The Morgan fingerprint density at radius 3 is 2.84 bits per heavy atom. The Bertz CT molecular complexity index is 593. The number of benzene rings is 1. The minimum atomic E-state index is 0.164. The Morgan fingerprint density at radius 1 is 1.16 bits per heavy atom. The van der Waals surface area contributed by atoms with E-state index in [0.29, 0.717) is 18.7 Å². The lowest BCUT2D eigenvalue weighted by atomic mass is 9.94. The normalized spacial score (nSPS) is 14.0. The fourth-order valence-electron chi connectivity index (χ4n) is 2.32. The molecule has 0 bridgehead atoms. The minimum absolute atomic E-state index is 0.164. The first-order valence-corrected chi connectivity index (χ1v) is 6.52. The maximum atomic E-state index is 11.7. The topological polar surface area (TPSA) is 39.2 Å². The molecular formula is C16H15NO2. The number of hydrogen-bond donors (Lipinski definition) is 0. The number of ether oxygens (including phenoxy) is 1. The van der Waals surface area contributed by atoms with E-state index in [2.05, 4.69) is 4.98 Å². The second kappa shape index (κ2) is 5.22. The van der Waals surface area contributed by atoms with Gasteiger partial charge in [-0.25, -0.2) is 0 Å². The highest BCUT2D eigenvalue weighted by atomic mass is 16.5. The fraction of sp³-hybridized carbons (Fsp3) is 0.250. The van der Waals surface area contributed by atoms with Crippen LogP contribution in [-0.4, -0.2) is 10.8 Å². The monoisotopic (exact) mass is 253 g/mol. The van der Waals surface area contributed by atoms with Crippen LogP contribution in [0.15, 0.2) is 42.6 Å². The largest absolute Gasteiger partial charge is 0.489 e. The number of fused-ring (bicyclic) bond motifs is 1. The molecule has 0 spiro atoms. The Balaban J connectivity index is 1.74. The van der Waals surface area contributed by atoms with Gasteiger partial charge in [-0.15, -0.1) is 0 Å². The third-order valence-electron chi connectivity index (χ3n) is 3.29. The van der Waals surface area contributed by atoms with Gasteiger partial charge in [0.05, 0.1) is 0 Å². The third-order valence-corrected chi connectivity index (χ3v) is 3.29. The number of hydrogen-bond acceptors (Lipinski definition) is 3. The first-order chi connectivity index (χ1) is 9.33. The van der Waals surface area contributed by atoms with Gasteiger partial charge in [0, 0.05) is 18.2 Å². The number of para-hydroxylation sites is 1. The van der Waals surface area contributed by atoms with Crippen LogP contribution in [0.2, 0.25) is 0 Å². The number of aryl methyl sites for hydroxylation is 1. The van der Waals surface area contributed by atoms with Crippen molar-refractivity contribution in [1.29, 1.82) is 0 Å². The molecule has 1 heterocycles. The summed E-state index contributed by atoms with van der Waals surface area (Å²) >= 11 is 0. The smallest absolute Gasteiger partial charge is 0.181 e. The summed E-state index contributed by atoms with van der Waals surface area (Å²) in [6, 6.07) is 11.7. The number of carbonyl (C=O) groups is 1. The molecule has 0 amide bonds. The van der Waals surface area contributed by atoms with Crippen LogP contribution < -0.4 is 4.74 Å². The highest BCUT2D eigenvalue weighted by molar-refractivity contribution is 5.96. The molecule has 96 valence electrons. The zero-order valence-electron chi connectivity index (χ0n) is 10.6. The Kier molecular flexibility index (Phi) is 3.27. The number of ketones is 1. The molecule has 3 nitrogen and oxygen atoms in total. The highest BCUT2D eigenvalue weighted by Crippen LogP contribution is 2.21. The van der Waals surface area contributed by atoms with Gasteiger partial charge in [0.2, 0.25) is 0 Å². The van der Waals surface area contributed by atoms with Gasteiger partial charge >= 0.3 is 0 Å². The van der Waals surface area contributed by atoms with E-state index in [1.165, 1.54) is 0 Å². The van der Waals surface area contributed by atoms with Crippen molar-refractivity contribution in [2.45, 2.75) is 25.9 Å². The fourth-order valence-corrected chi connectivity index (χ4v) is 2.32. The SMILES string of the molecule is O=C1CCCc2cc(COc3ccccc3)cnc21. The summed E-state index contributed by atoms with van der Waals surface area (Å²) < 4.78 is 5.68. The molecule has 1 aromatic heterocycles. The summed E-state index contributed by atoms with van der Waals surface area (Å²) in [5, 5.41) is 0. The standard InChI is InChI=1S/C16H15NO2/c18-15-8-4-5-13-9-12(10-17-16(13)15)11-19-14-6-2-1-3-7-14/h1-3,6-7,9-10H,4-5,8,11H2. The van der Waals surface area contributed by atoms with Gasteiger partial charge in [-0.1, -0.05) is 18.2 Å². The van der Waals surface area contributed by atoms with E-state index in [1.54, 1.807) is 6.20 Å². The van der Waals surface area contributed by atoms with E-state index in [9.17, 15) is 4.79 Å². The number of rotatable bonds is 3. The van der Waals surface area contributed by atoms with E-state index < -0.39 is 0 Å². The zero-order chi connectivity index (χ0) is 13.1. The Labute approximate surface area is 112 Å². The van der Waals surface area contributed by atoms with E-state index in [1.807, 2.05) is 36.4 Å². The summed E-state index contributed by atoms with van der Waals surface area (Å²) in [5.74, 6) is 1.01. The number of nitrogens with zero attached hydrogens (tertiary/aromatic N) is 1. The lowest BCUT2D eigenvalue weighted by molar-refractivity contribution is 0.0967. The molecular weight excluding hydrogens is 238 g/mol. The molecule has 1 aliphatic carbocycles. The number of Topliss-reactive ketones (excluding diaryl/α,β-unsaturated/α-hetero) is 1. The van der Waals surface area contributed by atoms with E-state index in [4.69, 9.17) is 4.74 Å². The molecule has 0 radical (unpaired) electrons. The second-order valence-corrected chi connectivity index (χ2v) is 4.73. The van der Waals surface area contributed by atoms with Gasteiger partial charge in [-0.3, -0.25) is 9.78 Å². The van der Waals surface area contributed by atoms with E-state index in [0.717, 1.165) is 29.7 Å². The molecule has 0 saturated carbocycles. The van der Waals surface area contributed by atoms with E-state index >= 15 is 0 Å². The molecule has 1 aromatic carbocycles. The molecule has 0 atom stereocenters. The molecule has 19 heavy (non-hydrogen) atoms. The maximum absolute atomic E-state index is 11.7. The Morgan fingerprint density at radius 2 is 2.00 bits per heavy atom. The summed E-state index contributed by atoms with van der Waals surface area (Å²) in [6.45, 7) is 0.485. The van der Waals surface area contributed by atoms with Gasteiger partial charge in [0.25, 0.3) is 0 Å². The van der Waals surface area contributed by atoms with Crippen LogP contribution >= 0.6 is 0 Å². The lowest BCUT2D eigenvalue weighted by Gasteiger charge is -2.14. The molecule has 0 unspecified atom stereocenters. The van der Waals surface area contributed by atoms with Crippen molar-refractivity contribution in [1.82, 2.24) is 4.98 Å². The van der Waals surface area contributed by atoms with Crippen molar-refractivity contribution in [3.05, 3.63) is 59.4 Å². The number of carbonyl (C=O) groups excluding carboxylic acids is 1. The van der Waals surface area contributed by atoms with Crippen LogP contribution in [0.4, 0.5) is 0 Å². The van der Waals surface area contributed by atoms with Gasteiger partial charge < -0.3 is 4.74 Å². The van der Waals surface area contributed by atoms with Crippen molar-refractivity contribution in [2.24, 2.45) is 0 Å². The molecule has 0 N–H and O–H groups in total. The van der Waals surface area contributed by atoms with Crippen LogP contribution in [0, 0.1) is 0 Å². The van der Waals surface area contributed by atoms with Crippen molar-refractivity contribution >= 4 is 5.78 Å². The molecule has 1 aliphatic rings. The predicted molar refractivity (Wildman–Crippen MR) is 72.3 cm³/mol. The van der Waals surface area contributed by atoms with Gasteiger partial charge in [-0.05, 0) is 36.6 Å². The van der Waals surface area contributed by atoms with Crippen LogP contribution in [0.3, 0.4) is 0 Å². The average Bonchev–Trinajstić information content (AvgIpc) is 2.46. The molecule has 0 saturated heterocycles. The summed E-state index contributed by atoms with van der Waals surface area (Å²) in [7, 11) is 0. The van der Waals surface area contributed by atoms with Crippen molar-refractivity contribution in [2.75, 3.05) is 0 Å². The van der Waals surface area contributed by atoms with Crippen molar-refractivity contribution < 1.29 is 9.53 Å². The van der Waals surface area contributed by atoms with Crippen LogP contribution in [-0.2, 0) is 13.0 Å². The predicted octanol–water partition coefficient (Wildman–Crippen LogP) is 3.18. The van der Waals surface area contributed by atoms with Crippen LogP contribution in [0.1, 0.15) is 34.5 Å². The summed E-state index contributed by atoms with van der Waals surface area (Å²) in [4.78, 5) is 16.0. The van der Waals surface area contributed by atoms with Crippen molar-refractivity contribution in [3.63, 3.8) is 0 Å². The number of aromatic nitrogens is 1. The van der Waals surface area contributed by atoms with E-state index in [-0.39, 0.29) is 5.78 Å². The first-order valence-electron chi connectivity index (χ1n) is 6.52. The summed E-state index contributed by atoms with van der Waals surface area (Å²) in [5.41, 5.74) is 2.72. The maximum Gasteiger partial charge on any atom is 0.181 e. The quantitative estimate of drug-likeness (QED) is 0.843. The van der Waals surface area contributed by atoms with Gasteiger partial charge in [0.1, 0.15) is 18.1 Å². The molecule has 0 aliphatic heterocycles. The molecule has 0 fully saturated rings. The average molecular weight is 253 g/mol.